The lowest BCUT2D eigenvalue weighted by molar-refractivity contribution is 0.208. The van der Waals surface area contributed by atoms with Gasteiger partial charge in [-0.05, 0) is 30.5 Å². The van der Waals surface area contributed by atoms with Crippen molar-refractivity contribution in [1.29, 1.82) is 0 Å². The van der Waals surface area contributed by atoms with Crippen molar-refractivity contribution < 1.29 is 4.79 Å². The van der Waals surface area contributed by atoms with Gasteiger partial charge in [-0.2, -0.15) is 0 Å². The van der Waals surface area contributed by atoms with Crippen LogP contribution >= 0.6 is 0 Å². The quantitative estimate of drug-likeness (QED) is 0.873. The molecule has 0 aromatic heterocycles. The van der Waals surface area contributed by atoms with E-state index in [-0.39, 0.29) is 6.03 Å². The molecule has 1 atom stereocenters. The van der Waals surface area contributed by atoms with E-state index in [1.807, 2.05) is 24.1 Å². The van der Waals surface area contributed by atoms with E-state index >= 15 is 0 Å². The summed E-state index contributed by atoms with van der Waals surface area (Å²) in [6.07, 6.45) is 1.10. The second kappa shape index (κ2) is 6.94. The second-order valence-corrected chi connectivity index (χ2v) is 6.18. The molecule has 1 unspecified atom stereocenters. The fourth-order valence-corrected chi connectivity index (χ4v) is 2.75. The van der Waals surface area contributed by atoms with Gasteiger partial charge in [-0.3, -0.25) is 4.90 Å². The van der Waals surface area contributed by atoms with E-state index in [1.54, 1.807) is 4.90 Å². The molecule has 4 heteroatoms. The molecule has 1 heterocycles. The summed E-state index contributed by atoms with van der Waals surface area (Å²) in [7, 11) is 1.87. The molecule has 2 rings (SSSR count). The lowest BCUT2D eigenvalue weighted by Crippen LogP contribution is -2.52. The van der Waals surface area contributed by atoms with E-state index in [1.165, 1.54) is 5.56 Å². The first kappa shape index (κ1) is 15.8. The smallest absolute Gasteiger partial charge is 0.323 e. The van der Waals surface area contributed by atoms with Crippen LogP contribution in [0.25, 0.3) is 0 Å². The van der Waals surface area contributed by atoms with Crippen LogP contribution < -0.4 is 10.2 Å². The number of rotatable bonds is 6. The summed E-state index contributed by atoms with van der Waals surface area (Å²) in [5, 5.41) is 3.57. The van der Waals surface area contributed by atoms with Gasteiger partial charge < -0.3 is 10.2 Å². The number of urea groups is 1. The number of fused-ring (bicyclic) bond motifs is 1. The van der Waals surface area contributed by atoms with Gasteiger partial charge in [0.1, 0.15) is 0 Å². The molecule has 0 saturated carbocycles. The van der Waals surface area contributed by atoms with Crippen LogP contribution in [0.4, 0.5) is 10.5 Å². The highest BCUT2D eigenvalue weighted by Crippen LogP contribution is 2.28. The molecule has 116 valence electrons. The van der Waals surface area contributed by atoms with Gasteiger partial charge >= 0.3 is 6.03 Å². The minimum Gasteiger partial charge on any atom is -0.323 e. The van der Waals surface area contributed by atoms with Crippen molar-refractivity contribution in [3.05, 3.63) is 29.8 Å². The first-order chi connectivity index (χ1) is 10.0. The Morgan fingerprint density at radius 1 is 1.29 bits per heavy atom. The third kappa shape index (κ3) is 3.56. The number of hydrogen-bond donors (Lipinski definition) is 1. The molecule has 1 aliphatic rings. The average Bonchev–Trinajstić information content (AvgIpc) is 2.46. The first-order valence-electron chi connectivity index (χ1n) is 7.88. The fourth-order valence-electron chi connectivity index (χ4n) is 2.75. The molecule has 0 fully saturated rings. The third-order valence-electron chi connectivity index (χ3n) is 4.09. The zero-order valence-electron chi connectivity index (χ0n) is 13.6. The summed E-state index contributed by atoms with van der Waals surface area (Å²) in [6, 6.07) is 8.61. The second-order valence-electron chi connectivity index (χ2n) is 6.18. The summed E-state index contributed by atoms with van der Waals surface area (Å²) < 4.78 is 0. The van der Waals surface area contributed by atoms with Gasteiger partial charge in [0.15, 0.2) is 0 Å². The number of carbonyl (C=O) groups is 1. The maximum absolute atomic E-state index is 12.5. The SMILES string of the molecule is CCCNC(CN1C(=O)N(C)Cc2ccccc21)C(C)C. The van der Waals surface area contributed by atoms with Crippen molar-refractivity contribution >= 4 is 11.7 Å². The molecule has 1 aromatic carbocycles. The monoisotopic (exact) mass is 289 g/mol. The predicted octanol–water partition coefficient (Wildman–Crippen LogP) is 3.08. The largest absolute Gasteiger partial charge is 0.324 e. The number of nitrogens with one attached hydrogen (secondary N) is 1. The van der Waals surface area contributed by atoms with Crippen LogP contribution in [0.5, 0.6) is 0 Å². The number of nitrogens with zero attached hydrogens (tertiary/aromatic N) is 2. The van der Waals surface area contributed by atoms with E-state index in [9.17, 15) is 4.79 Å². The molecule has 0 radical (unpaired) electrons. The number of anilines is 1. The summed E-state index contributed by atoms with van der Waals surface area (Å²) in [5.41, 5.74) is 2.28. The standard InChI is InChI=1S/C17H27N3O/c1-5-10-18-15(13(2)3)12-20-16-9-7-6-8-14(16)11-19(4)17(20)21/h6-9,13,15,18H,5,10-12H2,1-4H3. The summed E-state index contributed by atoms with van der Waals surface area (Å²) in [6.45, 7) is 8.98. The Morgan fingerprint density at radius 2 is 2.00 bits per heavy atom. The summed E-state index contributed by atoms with van der Waals surface area (Å²) in [5.74, 6) is 0.490. The van der Waals surface area contributed by atoms with Gasteiger partial charge in [0.05, 0.1) is 5.69 Å². The van der Waals surface area contributed by atoms with Crippen molar-refractivity contribution in [2.24, 2.45) is 5.92 Å². The molecule has 1 aliphatic heterocycles. The Hall–Kier alpha value is -1.55. The number of hydrogen-bond acceptors (Lipinski definition) is 2. The van der Waals surface area contributed by atoms with Crippen molar-refractivity contribution in [2.75, 3.05) is 25.0 Å². The Morgan fingerprint density at radius 3 is 2.67 bits per heavy atom. The molecule has 0 bridgehead atoms. The van der Waals surface area contributed by atoms with Crippen molar-refractivity contribution in [1.82, 2.24) is 10.2 Å². The van der Waals surface area contributed by atoms with E-state index in [4.69, 9.17) is 0 Å². The Kier molecular flexibility index (Phi) is 5.23. The minimum absolute atomic E-state index is 0.0950. The van der Waals surface area contributed by atoms with Crippen LogP contribution in [0.3, 0.4) is 0 Å². The molecule has 4 nitrogen and oxygen atoms in total. The van der Waals surface area contributed by atoms with Gasteiger partial charge in [0.2, 0.25) is 0 Å². The molecule has 1 N–H and O–H groups in total. The van der Waals surface area contributed by atoms with Gasteiger partial charge in [-0.1, -0.05) is 39.0 Å². The topological polar surface area (TPSA) is 35.6 Å². The average molecular weight is 289 g/mol. The van der Waals surface area contributed by atoms with Crippen LogP contribution in [0.1, 0.15) is 32.8 Å². The Labute approximate surface area is 128 Å². The van der Waals surface area contributed by atoms with E-state index in [0.29, 0.717) is 18.5 Å². The van der Waals surface area contributed by atoms with Gasteiger partial charge in [-0.25, -0.2) is 4.79 Å². The van der Waals surface area contributed by atoms with Crippen LogP contribution in [-0.4, -0.2) is 37.1 Å². The van der Waals surface area contributed by atoms with Gasteiger partial charge in [0.25, 0.3) is 0 Å². The summed E-state index contributed by atoms with van der Waals surface area (Å²) >= 11 is 0. The molecular weight excluding hydrogens is 262 g/mol. The summed E-state index contributed by atoms with van der Waals surface area (Å²) in [4.78, 5) is 16.3. The molecule has 1 aromatic rings. The normalized spacial score (nSPS) is 16.3. The molecular formula is C17H27N3O. The molecule has 0 saturated heterocycles. The van der Waals surface area contributed by atoms with Crippen LogP contribution in [-0.2, 0) is 6.54 Å². The van der Waals surface area contributed by atoms with E-state index < -0.39 is 0 Å². The molecule has 2 amide bonds. The van der Waals surface area contributed by atoms with Crippen molar-refractivity contribution in [3.63, 3.8) is 0 Å². The van der Waals surface area contributed by atoms with Crippen LogP contribution in [0.15, 0.2) is 24.3 Å². The fraction of sp³-hybridized carbons (Fsp3) is 0.588. The zero-order chi connectivity index (χ0) is 15.4. The van der Waals surface area contributed by atoms with E-state index in [2.05, 4.69) is 38.2 Å². The van der Waals surface area contributed by atoms with Crippen LogP contribution in [0, 0.1) is 5.92 Å². The Balaban J connectivity index is 2.22. The van der Waals surface area contributed by atoms with Gasteiger partial charge in [-0.15, -0.1) is 0 Å². The van der Waals surface area contributed by atoms with Crippen LogP contribution in [0.2, 0.25) is 0 Å². The Bertz CT molecular complexity index is 487. The third-order valence-corrected chi connectivity index (χ3v) is 4.09. The highest BCUT2D eigenvalue weighted by Gasteiger charge is 2.30. The highest BCUT2D eigenvalue weighted by atomic mass is 16.2. The highest BCUT2D eigenvalue weighted by molar-refractivity contribution is 5.94. The molecule has 0 aliphatic carbocycles. The lowest BCUT2D eigenvalue weighted by atomic mass is 10.0. The van der Waals surface area contributed by atoms with Gasteiger partial charge in [0, 0.05) is 26.2 Å². The number of para-hydroxylation sites is 1. The molecule has 21 heavy (non-hydrogen) atoms. The number of amides is 2. The lowest BCUT2D eigenvalue weighted by Gasteiger charge is -2.38. The minimum atomic E-state index is 0.0950. The zero-order valence-corrected chi connectivity index (χ0v) is 13.6. The van der Waals surface area contributed by atoms with Crippen molar-refractivity contribution in [2.45, 2.75) is 39.8 Å². The number of benzene rings is 1. The number of carbonyl (C=O) groups excluding carboxylic acids is 1. The predicted molar refractivity (Wildman–Crippen MR) is 87.6 cm³/mol. The maximum atomic E-state index is 12.5. The van der Waals surface area contributed by atoms with Crippen molar-refractivity contribution in [3.8, 4) is 0 Å². The maximum Gasteiger partial charge on any atom is 0.324 e. The molecule has 0 spiro atoms. The first-order valence-corrected chi connectivity index (χ1v) is 7.88. The van der Waals surface area contributed by atoms with E-state index in [0.717, 1.165) is 25.2 Å².